The molecular weight excluding hydrogens is 249 g/mol. The Kier molecular flexibility index (Phi) is 4.41. The van der Waals surface area contributed by atoms with Gasteiger partial charge in [0.05, 0.1) is 16.1 Å². The normalized spacial score (nSPS) is 11.4. The minimum Gasteiger partial charge on any atom is -0.322 e. The first kappa shape index (κ1) is 12.6. The average Bonchev–Trinajstić information content (AvgIpc) is 2.23. The van der Waals surface area contributed by atoms with Gasteiger partial charge in [0.2, 0.25) is 0 Å². The van der Waals surface area contributed by atoms with E-state index >= 15 is 0 Å². The second-order valence-electron chi connectivity index (χ2n) is 3.08. The van der Waals surface area contributed by atoms with E-state index in [2.05, 4.69) is 10.6 Å². The molecule has 2 N–H and O–H groups in total. The Labute approximate surface area is 103 Å². The zero-order valence-electron chi connectivity index (χ0n) is 8.42. The number of rotatable bonds is 2. The molecule has 0 heterocycles. The van der Waals surface area contributed by atoms with Crippen LogP contribution in [0, 0.1) is 11.3 Å². The number of carbonyl (C=O) groups excluding carboxylic acids is 1. The second kappa shape index (κ2) is 5.59. The van der Waals surface area contributed by atoms with Gasteiger partial charge in [-0.05, 0) is 25.1 Å². The second-order valence-corrected chi connectivity index (χ2v) is 3.89. The summed E-state index contributed by atoms with van der Waals surface area (Å²) in [6.07, 6.45) is 0. The third-order valence-corrected chi connectivity index (χ3v) is 2.46. The molecule has 0 saturated heterocycles. The van der Waals surface area contributed by atoms with Gasteiger partial charge in [-0.15, -0.1) is 0 Å². The Morgan fingerprint density at radius 3 is 2.69 bits per heavy atom. The molecule has 84 valence electrons. The molecule has 1 aromatic carbocycles. The predicted molar refractivity (Wildman–Crippen MR) is 63.7 cm³/mol. The SMILES string of the molecule is CC(C#N)NC(=O)Nc1ccc(Cl)c(Cl)c1. The number of nitrogens with one attached hydrogen (secondary N) is 2. The lowest BCUT2D eigenvalue weighted by atomic mass is 10.3. The van der Waals surface area contributed by atoms with E-state index in [1.54, 1.807) is 19.1 Å². The highest BCUT2D eigenvalue weighted by Crippen LogP contribution is 2.24. The van der Waals surface area contributed by atoms with Crippen LogP contribution in [0.5, 0.6) is 0 Å². The minimum absolute atomic E-state index is 0.354. The quantitative estimate of drug-likeness (QED) is 0.856. The van der Waals surface area contributed by atoms with Crippen molar-refractivity contribution in [2.24, 2.45) is 0 Å². The Bertz CT molecular complexity index is 442. The maximum absolute atomic E-state index is 11.3. The van der Waals surface area contributed by atoms with Crippen molar-refractivity contribution in [3.05, 3.63) is 28.2 Å². The van der Waals surface area contributed by atoms with Crippen molar-refractivity contribution in [2.75, 3.05) is 5.32 Å². The summed E-state index contributed by atoms with van der Waals surface area (Å²) < 4.78 is 0. The fourth-order valence-corrected chi connectivity index (χ4v) is 1.27. The lowest BCUT2D eigenvalue weighted by Gasteiger charge is -2.09. The molecule has 0 aliphatic heterocycles. The van der Waals surface area contributed by atoms with Crippen LogP contribution in [0.1, 0.15) is 6.92 Å². The largest absolute Gasteiger partial charge is 0.322 e. The fourth-order valence-electron chi connectivity index (χ4n) is 0.970. The van der Waals surface area contributed by atoms with Crippen molar-refractivity contribution in [1.82, 2.24) is 5.32 Å². The van der Waals surface area contributed by atoms with Crippen LogP contribution in [0.4, 0.5) is 10.5 Å². The molecule has 1 atom stereocenters. The van der Waals surface area contributed by atoms with Crippen LogP contribution in [-0.4, -0.2) is 12.1 Å². The number of benzene rings is 1. The Morgan fingerprint density at radius 1 is 1.44 bits per heavy atom. The molecule has 16 heavy (non-hydrogen) atoms. The Hall–Kier alpha value is -1.44. The number of anilines is 1. The van der Waals surface area contributed by atoms with Gasteiger partial charge in [-0.25, -0.2) is 4.79 Å². The monoisotopic (exact) mass is 257 g/mol. The molecule has 1 rings (SSSR count). The van der Waals surface area contributed by atoms with Crippen LogP contribution in [0.2, 0.25) is 10.0 Å². The molecule has 0 aliphatic carbocycles. The van der Waals surface area contributed by atoms with Crippen molar-refractivity contribution >= 4 is 34.9 Å². The molecule has 0 spiro atoms. The molecular formula is C10H9Cl2N3O. The van der Waals surface area contributed by atoms with Crippen molar-refractivity contribution in [2.45, 2.75) is 13.0 Å². The number of halogens is 2. The van der Waals surface area contributed by atoms with E-state index in [1.165, 1.54) is 6.07 Å². The number of carbonyl (C=O) groups is 1. The molecule has 0 radical (unpaired) electrons. The van der Waals surface area contributed by atoms with Crippen molar-refractivity contribution in [3.8, 4) is 6.07 Å². The zero-order chi connectivity index (χ0) is 12.1. The molecule has 0 fully saturated rings. The van der Waals surface area contributed by atoms with Gasteiger partial charge in [-0.3, -0.25) is 0 Å². The number of hydrogen-bond acceptors (Lipinski definition) is 2. The number of nitrogens with zero attached hydrogens (tertiary/aromatic N) is 1. The first-order valence-electron chi connectivity index (χ1n) is 4.45. The summed E-state index contributed by atoms with van der Waals surface area (Å²) in [5.74, 6) is 0. The third-order valence-electron chi connectivity index (χ3n) is 1.72. The van der Waals surface area contributed by atoms with E-state index in [0.29, 0.717) is 15.7 Å². The maximum Gasteiger partial charge on any atom is 0.320 e. The first-order valence-corrected chi connectivity index (χ1v) is 5.20. The zero-order valence-corrected chi connectivity index (χ0v) is 9.93. The molecule has 6 heteroatoms. The number of nitriles is 1. The van der Waals surface area contributed by atoms with E-state index in [9.17, 15) is 4.79 Å². The summed E-state index contributed by atoms with van der Waals surface area (Å²) in [7, 11) is 0. The lowest BCUT2D eigenvalue weighted by molar-refractivity contribution is 0.251. The predicted octanol–water partition coefficient (Wildman–Crippen LogP) is 3.03. The van der Waals surface area contributed by atoms with Crippen molar-refractivity contribution in [3.63, 3.8) is 0 Å². The summed E-state index contributed by atoms with van der Waals surface area (Å²) >= 11 is 11.5. The molecule has 0 bridgehead atoms. The molecule has 0 aliphatic rings. The molecule has 4 nitrogen and oxygen atoms in total. The van der Waals surface area contributed by atoms with Gasteiger partial charge in [-0.1, -0.05) is 23.2 Å². The highest BCUT2D eigenvalue weighted by molar-refractivity contribution is 6.42. The fraction of sp³-hybridized carbons (Fsp3) is 0.200. The van der Waals surface area contributed by atoms with E-state index < -0.39 is 12.1 Å². The summed E-state index contributed by atoms with van der Waals surface area (Å²) in [5, 5.41) is 14.2. The molecule has 2 amide bonds. The molecule has 0 aromatic heterocycles. The van der Waals surface area contributed by atoms with Gasteiger partial charge in [0.1, 0.15) is 6.04 Å². The van der Waals surface area contributed by atoms with E-state index in [4.69, 9.17) is 28.5 Å². The molecule has 1 unspecified atom stereocenters. The van der Waals surface area contributed by atoms with Crippen LogP contribution < -0.4 is 10.6 Å². The standard InChI is InChI=1S/C10H9Cl2N3O/c1-6(5-13)14-10(16)15-7-2-3-8(11)9(12)4-7/h2-4,6H,1H3,(H2,14,15,16). The molecule has 1 aromatic rings. The summed E-state index contributed by atoms with van der Waals surface area (Å²) in [6, 6.07) is 5.59. The van der Waals surface area contributed by atoms with Crippen LogP contribution in [0.3, 0.4) is 0 Å². The topological polar surface area (TPSA) is 64.9 Å². The van der Waals surface area contributed by atoms with Gasteiger partial charge in [-0.2, -0.15) is 5.26 Å². The highest BCUT2D eigenvalue weighted by atomic mass is 35.5. The van der Waals surface area contributed by atoms with E-state index in [0.717, 1.165) is 0 Å². The number of amides is 2. The van der Waals surface area contributed by atoms with Crippen LogP contribution in [-0.2, 0) is 0 Å². The van der Waals surface area contributed by atoms with Gasteiger partial charge in [0.25, 0.3) is 0 Å². The van der Waals surface area contributed by atoms with Gasteiger partial charge >= 0.3 is 6.03 Å². The average molecular weight is 258 g/mol. The number of urea groups is 1. The minimum atomic E-state index is -0.553. The van der Waals surface area contributed by atoms with Crippen LogP contribution in [0.25, 0.3) is 0 Å². The van der Waals surface area contributed by atoms with E-state index in [-0.39, 0.29) is 0 Å². The Balaban J connectivity index is 2.64. The summed E-state index contributed by atoms with van der Waals surface area (Å²) in [4.78, 5) is 11.3. The lowest BCUT2D eigenvalue weighted by Crippen LogP contribution is -2.35. The third kappa shape index (κ3) is 3.61. The smallest absolute Gasteiger partial charge is 0.320 e. The van der Waals surface area contributed by atoms with Crippen LogP contribution in [0.15, 0.2) is 18.2 Å². The van der Waals surface area contributed by atoms with Gasteiger partial charge < -0.3 is 10.6 Å². The van der Waals surface area contributed by atoms with Crippen LogP contribution >= 0.6 is 23.2 Å². The summed E-state index contributed by atoms with van der Waals surface area (Å²) in [5.41, 5.74) is 0.511. The summed E-state index contributed by atoms with van der Waals surface area (Å²) in [6.45, 7) is 1.58. The van der Waals surface area contributed by atoms with Gasteiger partial charge in [0, 0.05) is 5.69 Å². The van der Waals surface area contributed by atoms with Crippen molar-refractivity contribution in [1.29, 1.82) is 5.26 Å². The van der Waals surface area contributed by atoms with E-state index in [1.807, 2.05) is 6.07 Å². The Morgan fingerprint density at radius 2 is 2.12 bits per heavy atom. The maximum atomic E-state index is 11.3. The number of hydrogen-bond donors (Lipinski definition) is 2. The first-order chi connectivity index (χ1) is 7.52. The van der Waals surface area contributed by atoms with Gasteiger partial charge in [0.15, 0.2) is 0 Å². The van der Waals surface area contributed by atoms with Crippen molar-refractivity contribution < 1.29 is 4.79 Å². The molecule has 0 saturated carbocycles. The highest BCUT2D eigenvalue weighted by Gasteiger charge is 2.06.